The largest absolute Gasteiger partial charge is 0.454 e. The van der Waals surface area contributed by atoms with E-state index in [0.29, 0.717) is 17.5 Å². The zero-order valence-corrected chi connectivity index (χ0v) is 30.2. The van der Waals surface area contributed by atoms with Crippen molar-refractivity contribution in [3.05, 3.63) is 194 Å². The number of hydrogen-bond donors (Lipinski definition) is 0. The Balaban J connectivity index is 1.17. The Labute approximate surface area is 322 Å². The average molecular weight is 717 g/mol. The molecule has 5 heteroatoms. The monoisotopic (exact) mass is 716 g/mol. The maximum Gasteiger partial charge on any atom is 0.166 e. The highest BCUT2D eigenvalue weighted by atomic mass is 16.3. The van der Waals surface area contributed by atoms with E-state index in [9.17, 15) is 0 Å². The number of furan rings is 1. The summed E-state index contributed by atoms with van der Waals surface area (Å²) in [5, 5.41) is 4.40. The molecule has 11 aromatic rings. The molecule has 0 N–H and O–H groups in total. The number of nitrogens with zero attached hydrogens (tertiary/aromatic N) is 4. The Bertz CT molecular complexity index is 3220. The highest BCUT2D eigenvalue weighted by Gasteiger charge is 2.23. The summed E-state index contributed by atoms with van der Waals surface area (Å²) in [5.74, 6) is 1.82. The van der Waals surface area contributed by atoms with E-state index in [2.05, 4.69) is 162 Å². The molecule has 0 fully saturated rings. The van der Waals surface area contributed by atoms with Crippen LogP contribution in [0.1, 0.15) is 0 Å². The van der Waals surface area contributed by atoms with Gasteiger partial charge >= 0.3 is 0 Å². The molecule has 3 aromatic heterocycles. The van der Waals surface area contributed by atoms with E-state index < -0.39 is 0 Å². The molecule has 0 atom stereocenters. The minimum absolute atomic E-state index is 0.596. The Morgan fingerprint density at radius 2 is 0.875 bits per heavy atom. The van der Waals surface area contributed by atoms with E-state index in [4.69, 9.17) is 19.4 Å². The van der Waals surface area contributed by atoms with Gasteiger partial charge in [0.05, 0.1) is 16.7 Å². The number of para-hydroxylation sites is 3. The molecular formula is C51H32N4O. The van der Waals surface area contributed by atoms with Crippen LogP contribution in [0.3, 0.4) is 0 Å². The molecule has 0 aliphatic heterocycles. The average Bonchev–Trinajstić information content (AvgIpc) is 3.84. The predicted octanol–water partition coefficient (Wildman–Crippen LogP) is 13.2. The molecule has 0 bridgehead atoms. The standard InChI is InChI=1S/C51H32N4O/c1-4-15-33(16-5-1)34-29-31-37(32-30-34)50-52-49(36-19-8-3-9-20-36)53-51(54-50)42-25-12-23-40-39-21-10-11-26-43(39)55(47(40)42)44-27-13-24-41-46-38(35-17-6-2-7-18-35)22-14-28-45(46)56-48(41)44/h1-32H. The van der Waals surface area contributed by atoms with Crippen molar-refractivity contribution in [2.24, 2.45) is 0 Å². The van der Waals surface area contributed by atoms with Crippen molar-refractivity contribution in [3.63, 3.8) is 0 Å². The summed E-state index contributed by atoms with van der Waals surface area (Å²) in [5.41, 5.74) is 12.0. The minimum Gasteiger partial charge on any atom is -0.454 e. The van der Waals surface area contributed by atoms with Crippen LogP contribution in [0.15, 0.2) is 199 Å². The van der Waals surface area contributed by atoms with Crippen LogP contribution < -0.4 is 0 Å². The first-order valence-electron chi connectivity index (χ1n) is 18.8. The molecule has 0 spiro atoms. The SMILES string of the molecule is c1ccc(-c2ccc(-c3nc(-c4ccccc4)nc(-c4cccc5c6ccccc6n(-c6cccc7c6oc6cccc(-c8ccccc8)c67)c45)n3)cc2)cc1. The fraction of sp³-hybridized carbons (Fsp3) is 0. The van der Waals surface area contributed by atoms with Crippen LogP contribution in [0.25, 0.3) is 106 Å². The predicted molar refractivity (Wildman–Crippen MR) is 229 cm³/mol. The van der Waals surface area contributed by atoms with Gasteiger partial charge in [-0.15, -0.1) is 0 Å². The molecule has 0 aliphatic carbocycles. The highest BCUT2D eigenvalue weighted by Crippen LogP contribution is 2.43. The van der Waals surface area contributed by atoms with Gasteiger partial charge in [0.15, 0.2) is 23.1 Å². The van der Waals surface area contributed by atoms with Crippen molar-refractivity contribution in [1.82, 2.24) is 19.5 Å². The van der Waals surface area contributed by atoms with Crippen LogP contribution in [0.4, 0.5) is 0 Å². The fourth-order valence-electron chi connectivity index (χ4n) is 8.10. The number of hydrogen-bond acceptors (Lipinski definition) is 4. The van der Waals surface area contributed by atoms with Crippen LogP contribution in [0.5, 0.6) is 0 Å². The van der Waals surface area contributed by atoms with E-state index >= 15 is 0 Å². The number of rotatable bonds is 6. The number of fused-ring (bicyclic) bond motifs is 6. The first kappa shape index (κ1) is 31.9. The maximum absolute atomic E-state index is 6.85. The normalized spacial score (nSPS) is 11.6. The van der Waals surface area contributed by atoms with Gasteiger partial charge in [-0.2, -0.15) is 0 Å². The molecule has 262 valence electrons. The molecule has 8 aromatic carbocycles. The van der Waals surface area contributed by atoms with E-state index in [1.807, 2.05) is 36.4 Å². The second-order valence-electron chi connectivity index (χ2n) is 14.0. The van der Waals surface area contributed by atoms with Crippen molar-refractivity contribution in [2.75, 3.05) is 0 Å². The van der Waals surface area contributed by atoms with Crippen LogP contribution in [0.2, 0.25) is 0 Å². The summed E-state index contributed by atoms with van der Waals surface area (Å²) in [4.78, 5) is 15.5. The summed E-state index contributed by atoms with van der Waals surface area (Å²) in [6, 6.07) is 67.2. The number of aromatic nitrogens is 4. The molecule has 11 rings (SSSR count). The third kappa shape index (κ3) is 5.21. The van der Waals surface area contributed by atoms with E-state index in [0.717, 1.165) is 88.4 Å². The van der Waals surface area contributed by atoms with Crippen LogP contribution in [0, 0.1) is 0 Å². The third-order valence-corrected chi connectivity index (χ3v) is 10.7. The van der Waals surface area contributed by atoms with Gasteiger partial charge in [-0.3, -0.25) is 0 Å². The van der Waals surface area contributed by atoms with E-state index in [-0.39, 0.29) is 0 Å². The van der Waals surface area contributed by atoms with E-state index in [1.165, 1.54) is 0 Å². The van der Waals surface area contributed by atoms with Gasteiger partial charge in [-0.05, 0) is 46.5 Å². The van der Waals surface area contributed by atoms with Crippen LogP contribution in [-0.2, 0) is 0 Å². The molecule has 0 amide bonds. The molecule has 0 saturated heterocycles. The Morgan fingerprint density at radius 1 is 0.357 bits per heavy atom. The summed E-state index contributed by atoms with van der Waals surface area (Å²) in [6.07, 6.45) is 0. The lowest BCUT2D eigenvalue weighted by molar-refractivity contribution is 0.666. The lowest BCUT2D eigenvalue weighted by atomic mass is 9.99. The van der Waals surface area contributed by atoms with Gasteiger partial charge < -0.3 is 8.98 Å². The zero-order chi connectivity index (χ0) is 37.0. The third-order valence-electron chi connectivity index (χ3n) is 10.7. The zero-order valence-electron chi connectivity index (χ0n) is 30.2. The summed E-state index contributed by atoms with van der Waals surface area (Å²) in [7, 11) is 0. The van der Waals surface area contributed by atoms with Crippen LogP contribution in [-0.4, -0.2) is 19.5 Å². The molecule has 0 unspecified atom stereocenters. The molecule has 0 saturated carbocycles. The maximum atomic E-state index is 6.85. The van der Waals surface area contributed by atoms with Crippen molar-refractivity contribution >= 4 is 43.7 Å². The van der Waals surface area contributed by atoms with Crippen molar-refractivity contribution in [1.29, 1.82) is 0 Å². The highest BCUT2D eigenvalue weighted by molar-refractivity contribution is 6.17. The molecule has 5 nitrogen and oxygen atoms in total. The van der Waals surface area contributed by atoms with Crippen molar-refractivity contribution in [3.8, 4) is 62.1 Å². The number of benzene rings is 8. The summed E-state index contributed by atoms with van der Waals surface area (Å²) in [6.45, 7) is 0. The lowest BCUT2D eigenvalue weighted by Gasteiger charge is -2.13. The van der Waals surface area contributed by atoms with Gasteiger partial charge in [0.1, 0.15) is 5.58 Å². The van der Waals surface area contributed by atoms with Gasteiger partial charge in [0.25, 0.3) is 0 Å². The Morgan fingerprint density at radius 3 is 1.62 bits per heavy atom. The lowest BCUT2D eigenvalue weighted by Crippen LogP contribution is -2.02. The Kier molecular flexibility index (Phi) is 7.42. The van der Waals surface area contributed by atoms with Crippen LogP contribution >= 0.6 is 0 Å². The fourth-order valence-corrected chi connectivity index (χ4v) is 8.10. The molecule has 0 radical (unpaired) electrons. The topological polar surface area (TPSA) is 56.7 Å². The molecule has 3 heterocycles. The first-order chi connectivity index (χ1) is 27.8. The van der Waals surface area contributed by atoms with Gasteiger partial charge in [-0.25, -0.2) is 15.0 Å². The minimum atomic E-state index is 0.596. The molecule has 0 aliphatic rings. The van der Waals surface area contributed by atoms with E-state index in [1.54, 1.807) is 0 Å². The van der Waals surface area contributed by atoms with Gasteiger partial charge in [-0.1, -0.05) is 170 Å². The smallest absolute Gasteiger partial charge is 0.166 e. The van der Waals surface area contributed by atoms with Crippen molar-refractivity contribution < 1.29 is 4.42 Å². The quantitative estimate of drug-likeness (QED) is 0.172. The molecule has 56 heavy (non-hydrogen) atoms. The summed E-state index contributed by atoms with van der Waals surface area (Å²) >= 11 is 0. The second-order valence-corrected chi connectivity index (χ2v) is 14.0. The van der Waals surface area contributed by atoms with Gasteiger partial charge in [0, 0.05) is 38.2 Å². The van der Waals surface area contributed by atoms with Crippen molar-refractivity contribution in [2.45, 2.75) is 0 Å². The Hall–Kier alpha value is -7.63. The molecular weight excluding hydrogens is 685 g/mol. The summed E-state index contributed by atoms with van der Waals surface area (Å²) < 4.78 is 9.17. The first-order valence-corrected chi connectivity index (χ1v) is 18.8. The van der Waals surface area contributed by atoms with Gasteiger partial charge in [0.2, 0.25) is 0 Å². The second kappa shape index (κ2) is 13.0.